The lowest BCUT2D eigenvalue weighted by Gasteiger charge is -2.23. The van der Waals surface area contributed by atoms with Crippen LogP contribution < -0.4 is 15.8 Å². The number of hydrazine groups is 1. The Bertz CT molecular complexity index is 515. The van der Waals surface area contributed by atoms with E-state index in [1.165, 1.54) is 5.01 Å². The second-order valence-electron chi connectivity index (χ2n) is 4.83. The van der Waals surface area contributed by atoms with Crippen LogP contribution in [0.25, 0.3) is 0 Å². The first-order chi connectivity index (χ1) is 9.49. The third-order valence-electron chi connectivity index (χ3n) is 3.29. The van der Waals surface area contributed by atoms with E-state index in [1.807, 2.05) is 13.8 Å². The van der Waals surface area contributed by atoms with Crippen molar-refractivity contribution < 1.29 is 14.3 Å². The van der Waals surface area contributed by atoms with Gasteiger partial charge in [-0.25, -0.2) is 20.0 Å². The van der Waals surface area contributed by atoms with Crippen LogP contribution in [0, 0.1) is 0 Å². The van der Waals surface area contributed by atoms with Gasteiger partial charge in [-0.05, 0) is 44.5 Å². The zero-order valence-electron chi connectivity index (χ0n) is 11.9. The number of carbonyl (C=O) groups is 2. The first kappa shape index (κ1) is 14.3. The summed E-state index contributed by atoms with van der Waals surface area (Å²) in [4.78, 5) is 23.5. The van der Waals surface area contributed by atoms with Gasteiger partial charge in [0.15, 0.2) is 0 Å². The van der Waals surface area contributed by atoms with Crippen LogP contribution in [0.2, 0.25) is 0 Å². The fraction of sp³-hybridized carbons (Fsp3) is 0.429. The van der Waals surface area contributed by atoms with Crippen LogP contribution in [0.5, 0.6) is 0 Å². The number of urea groups is 1. The molecule has 0 aliphatic carbocycles. The summed E-state index contributed by atoms with van der Waals surface area (Å²) in [6, 6.07) is 6.49. The first-order valence-electron chi connectivity index (χ1n) is 6.66. The van der Waals surface area contributed by atoms with Gasteiger partial charge in [0, 0.05) is 0 Å². The highest BCUT2D eigenvalue weighted by Crippen LogP contribution is 2.21. The van der Waals surface area contributed by atoms with Crippen LogP contribution in [0.1, 0.15) is 37.6 Å². The predicted octanol–water partition coefficient (Wildman–Crippen LogP) is 2.02. The molecule has 6 heteroatoms. The Morgan fingerprint density at radius 2 is 1.95 bits per heavy atom. The zero-order valence-corrected chi connectivity index (χ0v) is 11.9. The average molecular weight is 277 g/mol. The normalized spacial score (nSPS) is 21.8. The van der Waals surface area contributed by atoms with E-state index in [2.05, 4.69) is 10.7 Å². The van der Waals surface area contributed by atoms with Crippen molar-refractivity contribution in [1.29, 1.82) is 0 Å². The topological polar surface area (TPSA) is 70.7 Å². The Hall–Kier alpha value is -2.08. The maximum absolute atomic E-state index is 11.9. The molecule has 1 saturated heterocycles. The molecule has 1 atom stereocenters. The lowest BCUT2D eigenvalue weighted by molar-refractivity contribution is 0.0526. The number of ether oxygens (including phenoxy) is 1. The van der Waals surface area contributed by atoms with Crippen molar-refractivity contribution in [3.05, 3.63) is 29.8 Å². The molecule has 0 radical (unpaired) electrons. The van der Waals surface area contributed by atoms with Crippen molar-refractivity contribution in [2.75, 3.05) is 11.6 Å². The third kappa shape index (κ3) is 2.75. The molecule has 2 rings (SSSR count). The number of benzene rings is 1. The number of esters is 1. The van der Waals surface area contributed by atoms with Crippen LogP contribution in [0.4, 0.5) is 10.5 Å². The number of rotatable bonds is 4. The Morgan fingerprint density at radius 1 is 1.30 bits per heavy atom. The van der Waals surface area contributed by atoms with Gasteiger partial charge in [-0.2, -0.15) is 0 Å². The van der Waals surface area contributed by atoms with Crippen molar-refractivity contribution in [3.8, 4) is 0 Å². The van der Waals surface area contributed by atoms with E-state index >= 15 is 0 Å². The fourth-order valence-corrected chi connectivity index (χ4v) is 1.93. The summed E-state index contributed by atoms with van der Waals surface area (Å²) in [7, 11) is 0. The summed E-state index contributed by atoms with van der Waals surface area (Å²) >= 11 is 0. The van der Waals surface area contributed by atoms with Crippen molar-refractivity contribution in [1.82, 2.24) is 10.7 Å². The van der Waals surface area contributed by atoms with Gasteiger partial charge < -0.3 is 10.1 Å². The standard InChI is InChI=1S/C14H19N3O3/c1-4-14(3)15-13(19)17(16-14)11-8-6-10(7-9-11)12(18)20-5-2/h6-9,16H,4-5H2,1-3H3,(H,15,19)/t14-/m1/s1. The molecule has 2 N–H and O–H groups in total. The van der Waals surface area contributed by atoms with Crippen LogP contribution in [0.15, 0.2) is 24.3 Å². The van der Waals surface area contributed by atoms with Crippen LogP contribution in [-0.4, -0.2) is 24.3 Å². The molecule has 1 aliphatic rings. The van der Waals surface area contributed by atoms with Crippen molar-refractivity contribution in [3.63, 3.8) is 0 Å². The second kappa shape index (κ2) is 5.50. The summed E-state index contributed by atoms with van der Waals surface area (Å²) in [5.41, 5.74) is 3.81. The average Bonchev–Trinajstić information content (AvgIpc) is 2.75. The molecule has 0 aromatic heterocycles. The number of carbonyl (C=O) groups excluding carboxylic acids is 2. The summed E-state index contributed by atoms with van der Waals surface area (Å²) in [5, 5.41) is 4.31. The number of anilines is 1. The molecule has 1 aliphatic heterocycles. The molecule has 0 spiro atoms. The van der Waals surface area contributed by atoms with E-state index in [0.717, 1.165) is 6.42 Å². The van der Waals surface area contributed by atoms with Gasteiger partial charge in [0.1, 0.15) is 5.66 Å². The minimum absolute atomic E-state index is 0.210. The van der Waals surface area contributed by atoms with Gasteiger partial charge in [0.2, 0.25) is 0 Å². The Labute approximate surface area is 118 Å². The van der Waals surface area contributed by atoms with Crippen LogP contribution in [0.3, 0.4) is 0 Å². The van der Waals surface area contributed by atoms with Crippen LogP contribution >= 0.6 is 0 Å². The van der Waals surface area contributed by atoms with Crippen molar-refractivity contribution >= 4 is 17.7 Å². The monoisotopic (exact) mass is 277 g/mol. The number of nitrogens with zero attached hydrogens (tertiary/aromatic N) is 1. The summed E-state index contributed by atoms with van der Waals surface area (Å²) in [5.74, 6) is -0.365. The molecule has 2 amide bonds. The molecule has 1 aromatic carbocycles. The molecule has 1 fully saturated rings. The predicted molar refractivity (Wildman–Crippen MR) is 75.2 cm³/mol. The molecular weight excluding hydrogens is 258 g/mol. The smallest absolute Gasteiger partial charge is 0.338 e. The Balaban J connectivity index is 2.15. The minimum atomic E-state index is -0.448. The zero-order chi connectivity index (χ0) is 14.8. The van der Waals surface area contributed by atoms with E-state index in [1.54, 1.807) is 31.2 Å². The lowest BCUT2D eigenvalue weighted by Crippen LogP contribution is -2.47. The molecule has 108 valence electrons. The van der Waals surface area contributed by atoms with E-state index in [-0.39, 0.29) is 12.0 Å². The minimum Gasteiger partial charge on any atom is -0.462 e. The van der Waals surface area contributed by atoms with E-state index in [0.29, 0.717) is 17.9 Å². The van der Waals surface area contributed by atoms with Gasteiger partial charge in [0.25, 0.3) is 0 Å². The first-order valence-corrected chi connectivity index (χ1v) is 6.66. The number of amides is 2. The fourth-order valence-electron chi connectivity index (χ4n) is 1.93. The molecule has 20 heavy (non-hydrogen) atoms. The maximum atomic E-state index is 11.9. The molecule has 1 aromatic rings. The number of hydrogen-bond acceptors (Lipinski definition) is 4. The van der Waals surface area contributed by atoms with Crippen LogP contribution in [-0.2, 0) is 4.74 Å². The summed E-state index contributed by atoms with van der Waals surface area (Å²) in [6.45, 7) is 6.00. The Morgan fingerprint density at radius 3 is 2.45 bits per heavy atom. The molecule has 1 heterocycles. The summed E-state index contributed by atoms with van der Waals surface area (Å²) in [6.07, 6.45) is 0.760. The summed E-state index contributed by atoms with van der Waals surface area (Å²) < 4.78 is 4.92. The SMILES string of the molecule is CCOC(=O)c1ccc(N2N[C@](C)(CC)NC2=O)cc1. The highest BCUT2D eigenvalue weighted by Gasteiger charge is 2.37. The maximum Gasteiger partial charge on any atom is 0.338 e. The molecular formula is C14H19N3O3. The Kier molecular flexibility index (Phi) is 3.94. The molecule has 6 nitrogen and oxygen atoms in total. The van der Waals surface area contributed by atoms with Crippen molar-refractivity contribution in [2.45, 2.75) is 32.9 Å². The van der Waals surface area contributed by atoms with E-state index in [4.69, 9.17) is 4.74 Å². The third-order valence-corrected chi connectivity index (χ3v) is 3.29. The van der Waals surface area contributed by atoms with Gasteiger partial charge in [0.05, 0.1) is 17.9 Å². The quantitative estimate of drug-likeness (QED) is 0.826. The van der Waals surface area contributed by atoms with Gasteiger partial charge >= 0.3 is 12.0 Å². The molecule has 0 bridgehead atoms. The second-order valence-corrected chi connectivity index (χ2v) is 4.83. The lowest BCUT2D eigenvalue weighted by atomic mass is 10.2. The van der Waals surface area contributed by atoms with Crippen molar-refractivity contribution in [2.24, 2.45) is 0 Å². The highest BCUT2D eigenvalue weighted by molar-refractivity contribution is 5.95. The van der Waals surface area contributed by atoms with Gasteiger partial charge in [-0.1, -0.05) is 6.92 Å². The van der Waals surface area contributed by atoms with Gasteiger partial charge in [-0.3, -0.25) is 0 Å². The number of nitrogens with one attached hydrogen (secondary N) is 2. The largest absolute Gasteiger partial charge is 0.462 e. The van der Waals surface area contributed by atoms with Gasteiger partial charge in [-0.15, -0.1) is 0 Å². The number of hydrogen-bond donors (Lipinski definition) is 2. The molecule has 0 unspecified atom stereocenters. The van der Waals surface area contributed by atoms with E-state index < -0.39 is 5.66 Å². The highest BCUT2D eigenvalue weighted by atomic mass is 16.5. The van der Waals surface area contributed by atoms with E-state index in [9.17, 15) is 9.59 Å². The molecule has 0 saturated carbocycles.